The number of hydrogen-bond donors (Lipinski definition) is 1. The van der Waals surface area contributed by atoms with Crippen LogP contribution in [0.3, 0.4) is 0 Å². The number of benzene rings is 2. The number of carbonyl (C=O) groups excluding carboxylic acids is 1. The number of ketones is 1. The van der Waals surface area contributed by atoms with Gasteiger partial charge >= 0.3 is 0 Å². The predicted octanol–water partition coefficient (Wildman–Crippen LogP) is 4.43. The van der Waals surface area contributed by atoms with E-state index in [2.05, 4.69) is 4.72 Å². The van der Waals surface area contributed by atoms with E-state index in [0.717, 1.165) is 11.3 Å². The van der Waals surface area contributed by atoms with E-state index in [1.54, 1.807) is 41.8 Å². The normalized spacial score (nSPS) is 11.2. The first-order valence-corrected chi connectivity index (χ1v) is 9.67. The maximum absolute atomic E-state index is 12.7. The minimum absolute atomic E-state index is 0.176. The molecule has 122 valence electrons. The van der Waals surface area contributed by atoms with Gasteiger partial charge in [-0.1, -0.05) is 48.0 Å². The highest BCUT2D eigenvalue weighted by molar-refractivity contribution is 7.94. The summed E-state index contributed by atoms with van der Waals surface area (Å²) in [5.74, 6) is -0.304. The van der Waals surface area contributed by atoms with Gasteiger partial charge in [0.15, 0.2) is 5.78 Å². The molecule has 0 atom stereocenters. The molecule has 1 N–H and O–H groups in total. The molecule has 24 heavy (non-hydrogen) atoms. The van der Waals surface area contributed by atoms with Crippen molar-refractivity contribution in [2.24, 2.45) is 0 Å². The minimum Gasteiger partial charge on any atom is -0.289 e. The molecule has 3 rings (SSSR count). The maximum atomic E-state index is 12.7. The molecule has 0 aliphatic heterocycles. The summed E-state index contributed by atoms with van der Waals surface area (Å²) in [7, 11) is -3.75. The Bertz CT molecular complexity index is 968. The molecule has 0 fully saturated rings. The number of rotatable bonds is 5. The summed E-state index contributed by atoms with van der Waals surface area (Å²) >= 11 is 7.09. The first-order valence-electron chi connectivity index (χ1n) is 6.93. The Balaban J connectivity index is 2.02. The second kappa shape index (κ2) is 6.76. The first-order chi connectivity index (χ1) is 11.5. The van der Waals surface area contributed by atoms with Crippen LogP contribution in [0.1, 0.15) is 15.9 Å². The number of hydrogen-bond acceptors (Lipinski definition) is 4. The Kier molecular flexibility index (Phi) is 4.71. The number of thiophene rings is 1. The van der Waals surface area contributed by atoms with E-state index >= 15 is 0 Å². The Labute approximate surface area is 148 Å². The van der Waals surface area contributed by atoms with Gasteiger partial charge in [-0.15, -0.1) is 11.3 Å². The summed E-state index contributed by atoms with van der Waals surface area (Å²) in [5, 5.41) is 2.03. The van der Waals surface area contributed by atoms with Crippen LogP contribution >= 0.6 is 22.9 Å². The molecule has 0 aliphatic carbocycles. The van der Waals surface area contributed by atoms with Crippen molar-refractivity contribution >= 4 is 44.4 Å². The van der Waals surface area contributed by atoms with Gasteiger partial charge < -0.3 is 0 Å². The lowest BCUT2D eigenvalue weighted by Crippen LogP contribution is -2.15. The van der Waals surface area contributed by atoms with Crippen LogP contribution in [0.25, 0.3) is 0 Å². The van der Waals surface area contributed by atoms with E-state index in [0.29, 0.717) is 10.6 Å². The van der Waals surface area contributed by atoms with E-state index in [4.69, 9.17) is 11.6 Å². The van der Waals surface area contributed by atoms with Crippen LogP contribution in [-0.4, -0.2) is 14.2 Å². The van der Waals surface area contributed by atoms with Crippen LogP contribution < -0.4 is 4.72 Å². The maximum Gasteiger partial charge on any atom is 0.271 e. The zero-order chi connectivity index (χ0) is 17.2. The minimum atomic E-state index is -3.75. The molecule has 2 aromatic carbocycles. The van der Waals surface area contributed by atoms with Gasteiger partial charge in [-0.3, -0.25) is 9.52 Å². The Morgan fingerprint density at radius 1 is 1.00 bits per heavy atom. The van der Waals surface area contributed by atoms with Gasteiger partial charge in [-0.2, -0.15) is 0 Å². The monoisotopic (exact) mass is 377 g/mol. The summed E-state index contributed by atoms with van der Waals surface area (Å²) in [4.78, 5) is 12.7. The van der Waals surface area contributed by atoms with Crippen LogP contribution in [0, 0.1) is 0 Å². The van der Waals surface area contributed by atoms with Crippen molar-refractivity contribution in [2.75, 3.05) is 4.72 Å². The summed E-state index contributed by atoms with van der Waals surface area (Å²) in [6.07, 6.45) is 0. The van der Waals surface area contributed by atoms with Crippen molar-refractivity contribution in [3.63, 3.8) is 0 Å². The van der Waals surface area contributed by atoms with Crippen molar-refractivity contribution < 1.29 is 13.2 Å². The fraction of sp³-hybridized carbons (Fsp3) is 0. The van der Waals surface area contributed by atoms with Crippen LogP contribution in [0.5, 0.6) is 0 Å². The van der Waals surface area contributed by atoms with Gasteiger partial charge in [0.2, 0.25) is 0 Å². The van der Waals surface area contributed by atoms with Gasteiger partial charge in [-0.25, -0.2) is 8.42 Å². The number of nitrogens with one attached hydrogen (secondary N) is 1. The fourth-order valence-corrected chi connectivity index (χ4v) is 4.39. The molecule has 0 amide bonds. The molecule has 0 spiro atoms. The Hall–Kier alpha value is -2.15. The lowest BCUT2D eigenvalue weighted by molar-refractivity contribution is 0.103. The van der Waals surface area contributed by atoms with E-state index < -0.39 is 10.0 Å². The van der Waals surface area contributed by atoms with Crippen LogP contribution in [0.4, 0.5) is 5.69 Å². The lowest BCUT2D eigenvalue weighted by atomic mass is 10.0. The molecule has 0 saturated carbocycles. The zero-order valence-electron chi connectivity index (χ0n) is 12.3. The molecule has 0 unspecified atom stereocenters. The standard InChI is InChI=1S/C17H12ClNO3S2/c18-13-8-9-15(19-24(21,22)16-7-4-10-23-16)14(11-13)17(20)12-5-2-1-3-6-12/h1-11,19H. The molecule has 0 radical (unpaired) electrons. The zero-order valence-corrected chi connectivity index (χ0v) is 14.7. The van der Waals surface area contributed by atoms with Gasteiger partial charge in [0.05, 0.1) is 5.69 Å². The van der Waals surface area contributed by atoms with Gasteiger partial charge in [0.1, 0.15) is 4.21 Å². The molecule has 0 aliphatic rings. The highest BCUT2D eigenvalue weighted by atomic mass is 35.5. The average molecular weight is 378 g/mol. The van der Waals surface area contributed by atoms with Gasteiger partial charge in [0.25, 0.3) is 10.0 Å². The van der Waals surface area contributed by atoms with Crippen molar-refractivity contribution in [1.29, 1.82) is 0 Å². The van der Waals surface area contributed by atoms with Gasteiger partial charge in [0, 0.05) is 16.1 Å². The number of sulfonamides is 1. The molecule has 3 aromatic rings. The molecular formula is C17H12ClNO3S2. The van der Waals surface area contributed by atoms with Crippen molar-refractivity contribution in [1.82, 2.24) is 0 Å². The topological polar surface area (TPSA) is 63.2 Å². The third-order valence-corrected chi connectivity index (χ3v) is 6.26. The SMILES string of the molecule is O=C(c1ccccc1)c1cc(Cl)ccc1NS(=O)(=O)c1cccs1. The van der Waals surface area contributed by atoms with E-state index in [1.165, 1.54) is 24.3 Å². The first kappa shape index (κ1) is 16.7. The fourth-order valence-electron chi connectivity index (χ4n) is 2.15. The van der Waals surface area contributed by atoms with E-state index in [-0.39, 0.29) is 21.2 Å². The molecule has 1 aromatic heterocycles. The summed E-state index contributed by atoms with van der Waals surface area (Å²) in [6.45, 7) is 0. The number of halogens is 1. The van der Waals surface area contributed by atoms with Crippen LogP contribution in [0.2, 0.25) is 5.02 Å². The van der Waals surface area contributed by atoms with E-state index in [9.17, 15) is 13.2 Å². The molecule has 4 nitrogen and oxygen atoms in total. The van der Waals surface area contributed by atoms with Crippen LogP contribution in [-0.2, 0) is 10.0 Å². The molecule has 1 heterocycles. The van der Waals surface area contributed by atoms with Crippen molar-refractivity contribution in [2.45, 2.75) is 4.21 Å². The average Bonchev–Trinajstić information content (AvgIpc) is 3.12. The summed E-state index contributed by atoms with van der Waals surface area (Å²) in [6, 6.07) is 16.3. The Morgan fingerprint density at radius 3 is 2.42 bits per heavy atom. The second-order valence-corrected chi connectivity index (χ2v) is 8.22. The molecule has 0 bridgehead atoms. The summed E-state index contributed by atoms with van der Waals surface area (Å²) < 4.78 is 27.5. The number of carbonyl (C=O) groups is 1. The van der Waals surface area contributed by atoms with Gasteiger partial charge in [-0.05, 0) is 29.6 Å². The molecule has 0 saturated heterocycles. The second-order valence-electron chi connectivity index (χ2n) is 4.92. The predicted molar refractivity (Wildman–Crippen MR) is 96.5 cm³/mol. The third-order valence-electron chi connectivity index (χ3n) is 3.27. The third kappa shape index (κ3) is 3.51. The highest BCUT2D eigenvalue weighted by Crippen LogP contribution is 2.27. The van der Waals surface area contributed by atoms with Crippen molar-refractivity contribution in [3.8, 4) is 0 Å². The van der Waals surface area contributed by atoms with E-state index in [1.807, 2.05) is 0 Å². The smallest absolute Gasteiger partial charge is 0.271 e. The molecular weight excluding hydrogens is 366 g/mol. The lowest BCUT2D eigenvalue weighted by Gasteiger charge is -2.12. The quantitative estimate of drug-likeness (QED) is 0.669. The Morgan fingerprint density at radius 2 is 1.75 bits per heavy atom. The summed E-state index contributed by atoms with van der Waals surface area (Å²) in [5.41, 5.74) is 0.854. The highest BCUT2D eigenvalue weighted by Gasteiger charge is 2.20. The van der Waals surface area contributed by atoms with Crippen molar-refractivity contribution in [3.05, 3.63) is 82.2 Å². The number of anilines is 1. The largest absolute Gasteiger partial charge is 0.289 e. The molecule has 7 heteroatoms. The van der Waals surface area contributed by atoms with Crippen LogP contribution in [0.15, 0.2) is 70.3 Å².